The van der Waals surface area contributed by atoms with Crippen molar-refractivity contribution in [1.29, 1.82) is 0 Å². The molecule has 10 heavy (non-hydrogen) atoms. The van der Waals surface area contributed by atoms with Gasteiger partial charge in [-0.1, -0.05) is 0 Å². The highest BCUT2D eigenvalue weighted by Gasteiger charge is 2.20. The van der Waals surface area contributed by atoms with E-state index in [1.165, 1.54) is 6.42 Å². The molecule has 2 atom stereocenters. The normalized spacial score (nSPS) is 30.0. The lowest BCUT2D eigenvalue weighted by molar-refractivity contribution is -0.0396. The molecule has 0 spiro atoms. The first-order chi connectivity index (χ1) is 4.84. The van der Waals surface area contributed by atoms with Crippen LogP contribution in [0.4, 0.5) is 0 Å². The Kier molecular flexibility index (Phi) is 3.12. The van der Waals surface area contributed by atoms with Crippen molar-refractivity contribution in [3.8, 4) is 0 Å². The molecule has 1 heterocycles. The van der Waals surface area contributed by atoms with Gasteiger partial charge in [0, 0.05) is 12.5 Å². The number of nitrogens with two attached hydrogens (primary N) is 1. The lowest BCUT2D eigenvalue weighted by Crippen LogP contribution is -2.30. The predicted molar refractivity (Wildman–Crippen MR) is 38.3 cm³/mol. The quantitative estimate of drug-likeness (QED) is 0.581. The lowest BCUT2D eigenvalue weighted by atomic mass is 9.97. The smallest absolute Gasteiger partial charge is 0.0809 e. The van der Waals surface area contributed by atoms with Crippen LogP contribution in [0.5, 0.6) is 0 Å². The van der Waals surface area contributed by atoms with Gasteiger partial charge in [-0.3, -0.25) is 0 Å². The van der Waals surface area contributed by atoms with Crippen LogP contribution >= 0.6 is 0 Å². The number of ether oxygens (including phenoxy) is 1. The molecule has 1 rings (SSSR count). The van der Waals surface area contributed by atoms with Gasteiger partial charge >= 0.3 is 0 Å². The average molecular weight is 145 g/mol. The van der Waals surface area contributed by atoms with Crippen molar-refractivity contribution in [2.75, 3.05) is 13.2 Å². The third kappa shape index (κ3) is 1.94. The van der Waals surface area contributed by atoms with E-state index in [9.17, 15) is 0 Å². The van der Waals surface area contributed by atoms with Crippen LogP contribution in [0.3, 0.4) is 0 Å². The van der Waals surface area contributed by atoms with Gasteiger partial charge in [-0.15, -0.1) is 0 Å². The van der Waals surface area contributed by atoms with E-state index >= 15 is 0 Å². The highest BCUT2D eigenvalue weighted by molar-refractivity contribution is 4.68. The molecule has 0 aromatic rings. The van der Waals surface area contributed by atoms with Gasteiger partial charge in [-0.25, -0.2) is 5.90 Å². The van der Waals surface area contributed by atoms with Gasteiger partial charge < -0.3 is 9.57 Å². The second kappa shape index (κ2) is 3.91. The Balaban J connectivity index is 2.24. The largest absolute Gasteiger partial charge is 0.381 e. The molecule has 0 aliphatic carbocycles. The molecule has 1 fully saturated rings. The second-order valence-corrected chi connectivity index (χ2v) is 2.82. The second-order valence-electron chi connectivity index (χ2n) is 2.82. The summed E-state index contributed by atoms with van der Waals surface area (Å²) in [5.74, 6) is 5.55. The summed E-state index contributed by atoms with van der Waals surface area (Å²) in [7, 11) is 0. The zero-order chi connectivity index (χ0) is 7.40. The van der Waals surface area contributed by atoms with Crippen molar-refractivity contribution in [3.63, 3.8) is 0 Å². The highest BCUT2D eigenvalue weighted by atomic mass is 16.6. The van der Waals surface area contributed by atoms with Crippen molar-refractivity contribution in [3.05, 3.63) is 0 Å². The fourth-order valence-electron chi connectivity index (χ4n) is 1.25. The summed E-state index contributed by atoms with van der Waals surface area (Å²) in [4.78, 5) is 4.71. The molecule has 1 saturated heterocycles. The molecule has 1 aliphatic rings. The Morgan fingerprint density at radius 1 is 1.70 bits per heavy atom. The Morgan fingerprint density at radius 3 is 3.00 bits per heavy atom. The zero-order valence-electron chi connectivity index (χ0n) is 6.38. The van der Waals surface area contributed by atoms with E-state index in [0.717, 1.165) is 19.6 Å². The molecule has 3 heteroatoms. The van der Waals surface area contributed by atoms with Gasteiger partial charge in [0.1, 0.15) is 0 Å². The van der Waals surface area contributed by atoms with Crippen LogP contribution in [0.2, 0.25) is 0 Å². The Labute approximate surface area is 61.4 Å². The van der Waals surface area contributed by atoms with E-state index < -0.39 is 0 Å². The third-order valence-corrected chi connectivity index (χ3v) is 2.07. The summed E-state index contributed by atoms with van der Waals surface area (Å²) in [6.45, 7) is 3.69. The highest BCUT2D eigenvalue weighted by Crippen LogP contribution is 2.17. The van der Waals surface area contributed by atoms with Crippen molar-refractivity contribution >= 4 is 0 Å². The summed E-state index contributed by atoms with van der Waals surface area (Å²) < 4.78 is 5.27. The van der Waals surface area contributed by atoms with E-state index in [2.05, 4.69) is 0 Å². The van der Waals surface area contributed by atoms with Crippen molar-refractivity contribution < 1.29 is 9.57 Å². The molecule has 0 radical (unpaired) electrons. The van der Waals surface area contributed by atoms with Gasteiger partial charge in [0.2, 0.25) is 0 Å². The van der Waals surface area contributed by atoms with Crippen LogP contribution in [-0.4, -0.2) is 19.3 Å². The predicted octanol–water partition coefficient (Wildman–Crippen LogP) is 0.692. The molecule has 0 saturated carbocycles. The SMILES string of the molecule is CC(ON)C1CCCOC1. The fourth-order valence-corrected chi connectivity index (χ4v) is 1.25. The summed E-state index contributed by atoms with van der Waals surface area (Å²) in [6, 6.07) is 0. The first-order valence-corrected chi connectivity index (χ1v) is 3.78. The Morgan fingerprint density at radius 2 is 2.50 bits per heavy atom. The van der Waals surface area contributed by atoms with Crippen molar-refractivity contribution in [2.24, 2.45) is 11.8 Å². The van der Waals surface area contributed by atoms with E-state index in [0.29, 0.717) is 5.92 Å². The zero-order valence-corrected chi connectivity index (χ0v) is 6.38. The van der Waals surface area contributed by atoms with Gasteiger partial charge in [-0.05, 0) is 19.8 Å². The van der Waals surface area contributed by atoms with Crippen LogP contribution in [0.1, 0.15) is 19.8 Å². The minimum atomic E-state index is 0.139. The first-order valence-electron chi connectivity index (χ1n) is 3.78. The third-order valence-electron chi connectivity index (χ3n) is 2.07. The molecule has 0 bridgehead atoms. The van der Waals surface area contributed by atoms with Crippen molar-refractivity contribution in [2.45, 2.75) is 25.9 Å². The topological polar surface area (TPSA) is 44.5 Å². The molecule has 0 amide bonds. The molecule has 1 aliphatic heterocycles. The number of hydrogen-bond acceptors (Lipinski definition) is 3. The maximum atomic E-state index is 5.27. The van der Waals surface area contributed by atoms with E-state index in [-0.39, 0.29) is 6.10 Å². The van der Waals surface area contributed by atoms with Gasteiger partial charge in [-0.2, -0.15) is 0 Å². The van der Waals surface area contributed by atoms with Crippen LogP contribution in [0.25, 0.3) is 0 Å². The van der Waals surface area contributed by atoms with Crippen molar-refractivity contribution in [1.82, 2.24) is 0 Å². The summed E-state index contributed by atoms with van der Waals surface area (Å²) >= 11 is 0. The summed E-state index contributed by atoms with van der Waals surface area (Å²) in [5.41, 5.74) is 0. The fraction of sp³-hybridized carbons (Fsp3) is 1.00. The Hall–Kier alpha value is -0.120. The van der Waals surface area contributed by atoms with Gasteiger partial charge in [0.05, 0.1) is 12.7 Å². The minimum Gasteiger partial charge on any atom is -0.381 e. The first kappa shape index (κ1) is 7.98. The average Bonchev–Trinajstić information content (AvgIpc) is 2.05. The molecule has 0 aromatic heterocycles. The Bertz CT molecular complexity index is 91.6. The molecule has 60 valence electrons. The van der Waals surface area contributed by atoms with Crippen LogP contribution < -0.4 is 5.90 Å². The molecule has 2 N–H and O–H groups in total. The van der Waals surface area contributed by atoms with E-state index in [1.807, 2.05) is 6.92 Å². The summed E-state index contributed by atoms with van der Waals surface area (Å²) in [6.07, 6.45) is 2.46. The standard InChI is InChI=1S/C7H15NO2/c1-6(10-8)7-3-2-4-9-5-7/h6-7H,2-5,8H2,1H3. The maximum absolute atomic E-state index is 5.27. The maximum Gasteiger partial charge on any atom is 0.0809 e. The minimum absolute atomic E-state index is 0.139. The molecular formula is C7H15NO2. The summed E-state index contributed by atoms with van der Waals surface area (Å²) in [5, 5.41) is 0. The van der Waals surface area contributed by atoms with E-state index in [1.54, 1.807) is 0 Å². The van der Waals surface area contributed by atoms with E-state index in [4.69, 9.17) is 15.5 Å². The molecule has 2 unspecified atom stereocenters. The van der Waals surface area contributed by atoms with Crippen LogP contribution in [-0.2, 0) is 9.57 Å². The monoisotopic (exact) mass is 145 g/mol. The van der Waals surface area contributed by atoms with Crippen LogP contribution in [0, 0.1) is 5.92 Å². The molecule has 3 nitrogen and oxygen atoms in total. The number of hydrogen-bond donors (Lipinski definition) is 1. The van der Waals surface area contributed by atoms with Crippen LogP contribution in [0.15, 0.2) is 0 Å². The van der Waals surface area contributed by atoms with Gasteiger partial charge in [0.15, 0.2) is 0 Å². The lowest BCUT2D eigenvalue weighted by Gasteiger charge is -2.25. The molecular weight excluding hydrogens is 130 g/mol. The van der Waals surface area contributed by atoms with Gasteiger partial charge in [0.25, 0.3) is 0 Å². The number of rotatable bonds is 2. The molecule has 0 aromatic carbocycles.